The van der Waals surface area contributed by atoms with Gasteiger partial charge < -0.3 is 9.32 Å². The number of aromatic nitrogens is 1. The normalized spacial score (nSPS) is 11.4. The van der Waals surface area contributed by atoms with Crippen LogP contribution in [0, 0.1) is 0 Å². The molecule has 8 heteroatoms. The number of carbonyl (C=O) groups is 1. The van der Waals surface area contributed by atoms with Crippen molar-refractivity contribution in [2.24, 2.45) is 0 Å². The summed E-state index contributed by atoms with van der Waals surface area (Å²) in [5, 5.41) is 1.81. The largest absolute Gasteiger partial charge is 0.422 e. The zero-order valence-corrected chi connectivity index (χ0v) is 17.5. The molecule has 4 rings (SSSR count). The third-order valence-corrected chi connectivity index (χ3v) is 5.73. The van der Waals surface area contributed by atoms with Crippen molar-refractivity contribution in [3.8, 4) is 0 Å². The van der Waals surface area contributed by atoms with Crippen LogP contribution in [0.3, 0.4) is 0 Å². The Morgan fingerprint density at radius 1 is 1.14 bits per heavy atom. The van der Waals surface area contributed by atoms with Gasteiger partial charge in [0.15, 0.2) is 5.13 Å². The molecule has 0 N–H and O–H groups in total. The summed E-state index contributed by atoms with van der Waals surface area (Å²) in [7, 11) is 3.84. The molecule has 148 valence electrons. The fourth-order valence-electron chi connectivity index (χ4n) is 2.94. The minimum atomic E-state index is -0.660. The van der Waals surface area contributed by atoms with E-state index in [2.05, 4.69) is 4.98 Å². The lowest BCUT2D eigenvalue weighted by atomic mass is 10.1. The Morgan fingerprint density at radius 2 is 1.93 bits per heavy atom. The van der Waals surface area contributed by atoms with Crippen LogP contribution in [0.4, 0.5) is 5.13 Å². The van der Waals surface area contributed by atoms with Crippen LogP contribution >= 0.6 is 22.9 Å². The predicted octanol–water partition coefficient (Wildman–Crippen LogP) is 4.26. The van der Waals surface area contributed by atoms with Crippen LogP contribution < -0.4 is 10.5 Å². The average molecular weight is 428 g/mol. The molecular formula is C21H18ClN3O3S. The number of benzene rings is 2. The van der Waals surface area contributed by atoms with Crippen molar-refractivity contribution in [1.29, 1.82) is 0 Å². The van der Waals surface area contributed by atoms with Crippen molar-refractivity contribution in [2.75, 3.05) is 32.1 Å². The molecule has 0 aliphatic carbocycles. The molecular weight excluding hydrogens is 410 g/mol. The highest BCUT2D eigenvalue weighted by Gasteiger charge is 2.25. The lowest BCUT2D eigenvalue weighted by Crippen LogP contribution is -2.38. The molecule has 2 aromatic heterocycles. The standard InChI is InChI=1S/C21H18ClN3O3S/c1-24(2)9-10-25(21-23-16-8-7-14(22)12-18(16)29-21)19(26)15-11-13-5-3-4-6-17(13)28-20(15)27/h3-8,11-12H,9-10H2,1-2H3. The van der Waals surface area contributed by atoms with E-state index in [0.717, 1.165) is 10.2 Å². The number of hydrogen-bond acceptors (Lipinski definition) is 6. The minimum absolute atomic E-state index is 0.0141. The van der Waals surface area contributed by atoms with Crippen LogP contribution in [0.25, 0.3) is 21.2 Å². The SMILES string of the molecule is CN(C)CCN(C(=O)c1cc2ccccc2oc1=O)c1nc2ccc(Cl)cc2s1. The number of halogens is 1. The van der Waals surface area contributed by atoms with Crippen LogP contribution in [0.5, 0.6) is 0 Å². The molecule has 1 amide bonds. The van der Waals surface area contributed by atoms with E-state index >= 15 is 0 Å². The first kappa shape index (κ1) is 19.6. The molecule has 0 saturated heterocycles. The molecule has 0 radical (unpaired) electrons. The number of hydrogen-bond donors (Lipinski definition) is 0. The van der Waals surface area contributed by atoms with Crippen molar-refractivity contribution in [3.05, 3.63) is 69.5 Å². The maximum atomic E-state index is 13.4. The smallest absolute Gasteiger partial charge is 0.349 e. The predicted molar refractivity (Wildman–Crippen MR) is 117 cm³/mol. The minimum Gasteiger partial charge on any atom is -0.422 e. The van der Waals surface area contributed by atoms with Crippen LogP contribution in [0.15, 0.2) is 57.7 Å². The van der Waals surface area contributed by atoms with E-state index in [1.54, 1.807) is 30.3 Å². The quantitative estimate of drug-likeness (QED) is 0.445. The maximum absolute atomic E-state index is 13.4. The van der Waals surface area contributed by atoms with E-state index in [-0.39, 0.29) is 5.56 Å². The summed E-state index contributed by atoms with van der Waals surface area (Å²) < 4.78 is 6.23. The van der Waals surface area contributed by atoms with Gasteiger partial charge in [0.05, 0.1) is 10.2 Å². The fraction of sp³-hybridized carbons (Fsp3) is 0.190. The lowest BCUT2D eigenvalue weighted by molar-refractivity contribution is 0.0982. The van der Waals surface area contributed by atoms with Gasteiger partial charge >= 0.3 is 5.63 Å². The number of para-hydroxylation sites is 1. The Bertz CT molecular complexity index is 1260. The van der Waals surface area contributed by atoms with E-state index in [4.69, 9.17) is 16.0 Å². The number of thiazole rings is 1. The van der Waals surface area contributed by atoms with E-state index < -0.39 is 11.5 Å². The highest BCUT2D eigenvalue weighted by molar-refractivity contribution is 7.22. The number of carbonyl (C=O) groups excluding carboxylic acids is 1. The molecule has 0 unspecified atom stereocenters. The lowest BCUT2D eigenvalue weighted by Gasteiger charge is -2.21. The summed E-state index contributed by atoms with van der Waals surface area (Å²) in [6.45, 7) is 0.993. The number of rotatable bonds is 5. The van der Waals surface area contributed by atoms with Gasteiger partial charge in [0.25, 0.3) is 5.91 Å². The van der Waals surface area contributed by atoms with Gasteiger partial charge in [-0.25, -0.2) is 9.78 Å². The number of nitrogens with zero attached hydrogens (tertiary/aromatic N) is 3. The average Bonchev–Trinajstić information content (AvgIpc) is 3.09. The summed E-state index contributed by atoms with van der Waals surface area (Å²) >= 11 is 7.44. The first-order valence-electron chi connectivity index (χ1n) is 8.98. The summed E-state index contributed by atoms with van der Waals surface area (Å²) in [5.74, 6) is -0.434. The van der Waals surface area contributed by atoms with Crippen molar-refractivity contribution in [2.45, 2.75) is 0 Å². The van der Waals surface area contributed by atoms with Crippen molar-refractivity contribution >= 4 is 55.2 Å². The van der Waals surface area contributed by atoms with E-state index in [1.807, 2.05) is 37.2 Å². The number of fused-ring (bicyclic) bond motifs is 2. The molecule has 0 atom stereocenters. The fourth-order valence-corrected chi connectivity index (χ4v) is 4.21. The third kappa shape index (κ3) is 4.03. The summed E-state index contributed by atoms with van der Waals surface area (Å²) in [4.78, 5) is 33.9. The molecule has 2 heterocycles. The van der Waals surface area contributed by atoms with E-state index in [0.29, 0.717) is 34.2 Å². The zero-order chi connectivity index (χ0) is 20.5. The molecule has 0 fully saturated rings. The van der Waals surface area contributed by atoms with Gasteiger partial charge in [0.1, 0.15) is 11.1 Å². The molecule has 4 aromatic rings. The second-order valence-corrected chi connectivity index (χ2v) is 8.30. The molecule has 29 heavy (non-hydrogen) atoms. The Balaban J connectivity index is 1.79. The van der Waals surface area contributed by atoms with Gasteiger partial charge in [-0.3, -0.25) is 9.69 Å². The molecule has 2 aromatic carbocycles. The Hall–Kier alpha value is -2.74. The van der Waals surface area contributed by atoms with Crippen LogP contribution in [0.2, 0.25) is 5.02 Å². The van der Waals surface area contributed by atoms with Gasteiger partial charge in [-0.1, -0.05) is 41.1 Å². The molecule has 0 aliphatic heterocycles. The number of anilines is 1. The topological polar surface area (TPSA) is 66.7 Å². The third-order valence-electron chi connectivity index (χ3n) is 4.46. The monoisotopic (exact) mass is 427 g/mol. The van der Waals surface area contributed by atoms with Gasteiger partial charge in [-0.2, -0.15) is 0 Å². The summed E-state index contributed by atoms with van der Waals surface area (Å²) in [6.07, 6.45) is 0. The molecule has 0 aliphatic rings. The molecule has 0 bridgehead atoms. The Kier molecular flexibility index (Phi) is 5.36. The van der Waals surface area contributed by atoms with Gasteiger partial charge in [-0.15, -0.1) is 0 Å². The number of amides is 1. The highest BCUT2D eigenvalue weighted by atomic mass is 35.5. The van der Waals surface area contributed by atoms with Crippen molar-refractivity contribution < 1.29 is 9.21 Å². The first-order valence-corrected chi connectivity index (χ1v) is 10.2. The van der Waals surface area contributed by atoms with E-state index in [9.17, 15) is 9.59 Å². The zero-order valence-electron chi connectivity index (χ0n) is 15.9. The second-order valence-electron chi connectivity index (χ2n) is 6.85. The summed E-state index contributed by atoms with van der Waals surface area (Å²) in [6, 6.07) is 14.1. The highest BCUT2D eigenvalue weighted by Crippen LogP contribution is 2.31. The second kappa shape index (κ2) is 7.94. The van der Waals surface area contributed by atoms with Gasteiger partial charge in [0.2, 0.25) is 0 Å². The van der Waals surface area contributed by atoms with Crippen LogP contribution in [-0.4, -0.2) is 43.0 Å². The molecule has 6 nitrogen and oxygen atoms in total. The number of likely N-dealkylation sites (N-methyl/N-ethyl adjacent to an activating group) is 1. The Morgan fingerprint density at radius 3 is 2.72 bits per heavy atom. The van der Waals surface area contributed by atoms with Crippen molar-refractivity contribution in [3.63, 3.8) is 0 Å². The Labute approximate surface area is 175 Å². The van der Waals surface area contributed by atoms with Crippen LogP contribution in [-0.2, 0) is 0 Å². The summed E-state index contributed by atoms with van der Waals surface area (Å²) in [5.41, 5.74) is 0.526. The first-order chi connectivity index (χ1) is 13.9. The van der Waals surface area contributed by atoms with Gasteiger partial charge in [0, 0.05) is 23.5 Å². The maximum Gasteiger partial charge on any atom is 0.349 e. The van der Waals surface area contributed by atoms with Crippen molar-refractivity contribution in [1.82, 2.24) is 9.88 Å². The van der Waals surface area contributed by atoms with Crippen LogP contribution in [0.1, 0.15) is 10.4 Å². The molecule has 0 spiro atoms. The molecule has 0 saturated carbocycles. The van der Waals surface area contributed by atoms with E-state index in [1.165, 1.54) is 16.2 Å². The van der Waals surface area contributed by atoms with Gasteiger partial charge in [-0.05, 0) is 44.4 Å².